The summed E-state index contributed by atoms with van der Waals surface area (Å²) in [4.78, 5) is 18.3. The van der Waals surface area contributed by atoms with Gasteiger partial charge in [-0.3, -0.25) is 9.78 Å². The summed E-state index contributed by atoms with van der Waals surface area (Å²) in [6, 6.07) is 12.9. The number of likely N-dealkylation sites (tertiary alicyclic amines) is 1. The molecule has 5 heteroatoms. The monoisotopic (exact) mass is 371 g/mol. The third kappa shape index (κ3) is 3.26. The Balaban J connectivity index is 1.51. The average Bonchev–Trinajstić information content (AvgIpc) is 2.67. The van der Waals surface area contributed by atoms with Gasteiger partial charge in [0.2, 0.25) is 5.91 Å². The molecule has 1 amide bonds. The van der Waals surface area contributed by atoms with Gasteiger partial charge in [0, 0.05) is 35.4 Å². The highest BCUT2D eigenvalue weighted by atomic mass is 16.3. The van der Waals surface area contributed by atoms with Gasteiger partial charge in [0.05, 0.1) is 18.7 Å². The lowest BCUT2D eigenvalue weighted by molar-refractivity contribution is -0.154. The van der Waals surface area contributed by atoms with Crippen LogP contribution < -0.4 is 0 Å². The zero-order valence-electron chi connectivity index (χ0n) is 15.5. The van der Waals surface area contributed by atoms with Crippen LogP contribution in [0.5, 0.6) is 0 Å². The molecule has 140 valence electrons. The van der Waals surface area contributed by atoms with Gasteiger partial charge in [-0.15, -0.1) is 0 Å². The van der Waals surface area contributed by atoms with Crippen molar-refractivity contribution in [2.75, 3.05) is 6.61 Å². The lowest BCUT2D eigenvalue weighted by atomic mass is 9.73. The smallest absolute Gasteiger partial charge is 0.227 e. The van der Waals surface area contributed by atoms with E-state index < -0.39 is 6.04 Å². The van der Waals surface area contributed by atoms with Crippen molar-refractivity contribution in [3.05, 3.63) is 65.5 Å². The van der Waals surface area contributed by atoms with Crippen LogP contribution in [0.4, 0.5) is 0 Å². The van der Waals surface area contributed by atoms with E-state index in [0.29, 0.717) is 0 Å². The van der Waals surface area contributed by atoms with Gasteiger partial charge < -0.3 is 10.0 Å². The second kappa shape index (κ2) is 7.84. The number of carbonyl (C=O) groups excluding carboxylic acids is 1. The molecule has 2 fully saturated rings. The highest BCUT2D eigenvalue weighted by Crippen LogP contribution is 2.43. The summed E-state index contributed by atoms with van der Waals surface area (Å²) in [6.45, 7) is -0.135. The fourth-order valence-corrected chi connectivity index (χ4v) is 3.95. The molecular formula is C23H21N3O2. The van der Waals surface area contributed by atoms with Crippen molar-refractivity contribution in [3.63, 3.8) is 0 Å². The third-order valence-electron chi connectivity index (χ3n) is 5.75. The van der Waals surface area contributed by atoms with Crippen LogP contribution in [0.15, 0.2) is 48.8 Å². The third-order valence-corrected chi connectivity index (χ3v) is 5.75. The quantitative estimate of drug-likeness (QED) is 0.841. The van der Waals surface area contributed by atoms with Crippen LogP contribution in [-0.4, -0.2) is 39.6 Å². The average molecular weight is 371 g/mol. The maximum absolute atomic E-state index is 12.6. The molecular weight excluding hydrogens is 350 g/mol. The molecule has 1 aromatic carbocycles. The number of hydrogen-bond acceptors (Lipinski definition) is 4. The molecule has 1 aliphatic carbocycles. The normalized spacial score (nSPS) is 23.6. The summed E-state index contributed by atoms with van der Waals surface area (Å²) in [6.07, 6.45) is 6.27. The van der Waals surface area contributed by atoms with Gasteiger partial charge in [-0.1, -0.05) is 30.4 Å². The summed E-state index contributed by atoms with van der Waals surface area (Å²) >= 11 is 0. The Bertz CT molecular complexity index is 949. The van der Waals surface area contributed by atoms with Crippen LogP contribution in [0, 0.1) is 29.1 Å². The number of aliphatic hydroxyl groups is 1. The second-order valence-corrected chi connectivity index (χ2v) is 7.34. The molecule has 2 heterocycles. The Morgan fingerprint density at radius 1 is 1.18 bits per heavy atom. The number of amides is 1. The highest BCUT2D eigenvalue weighted by molar-refractivity contribution is 5.82. The summed E-state index contributed by atoms with van der Waals surface area (Å²) in [7, 11) is 0. The van der Waals surface area contributed by atoms with Crippen LogP contribution in [0.1, 0.15) is 41.9 Å². The van der Waals surface area contributed by atoms with Gasteiger partial charge in [-0.25, -0.2) is 0 Å². The first-order valence-electron chi connectivity index (χ1n) is 9.57. The van der Waals surface area contributed by atoms with Crippen LogP contribution >= 0.6 is 0 Å². The van der Waals surface area contributed by atoms with Gasteiger partial charge in [-0.05, 0) is 42.7 Å². The van der Waals surface area contributed by atoms with Crippen LogP contribution in [0.25, 0.3) is 0 Å². The number of aromatic nitrogens is 1. The number of aliphatic hydroxyl groups excluding tert-OH is 1. The summed E-state index contributed by atoms with van der Waals surface area (Å²) in [5, 5.41) is 19.5. The fraction of sp³-hybridized carbons (Fsp3) is 0.348. The molecule has 2 aliphatic rings. The molecule has 1 saturated carbocycles. The van der Waals surface area contributed by atoms with E-state index in [0.717, 1.165) is 36.0 Å². The van der Waals surface area contributed by atoms with Crippen molar-refractivity contribution in [1.82, 2.24) is 9.88 Å². The predicted molar refractivity (Wildman–Crippen MR) is 104 cm³/mol. The summed E-state index contributed by atoms with van der Waals surface area (Å²) in [5.41, 5.74) is 2.67. The first-order chi connectivity index (χ1) is 13.7. The maximum Gasteiger partial charge on any atom is 0.227 e. The fourth-order valence-electron chi connectivity index (χ4n) is 3.95. The molecule has 28 heavy (non-hydrogen) atoms. The Morgan fingerprint density at radius 2 is 1.93 bits per heavy atom. The van der Waals surface area contributed by atoms with E-state index in [-0.39, 0.29) is 30.4 Å². The molecule has 3 atom stereocenters. The zero-order chi connectivity index (χ0) is 19.5. The highest BCUT2D eigenvalue weighted by Gasteiger charge is 2.53. The van der Waals surface area contributed by atoms with Gasteiger partial charge >= 0.3 is 0 Å². The van der Waals surface area contributed by atoms with Crippen molar-refractivity contribution in [2.45, 2.75) is 37.3 Å². The van der Waals surface area contributed by atoms with Crippen molar-refractivity contribution < 1.29 is 9.90 Å². The number of pyridine rings is 1. The number of hydrogen-bond donors (Lipinski definition) is 1. The van der Waals surface area contributed by atoms with Gasteiger partial charge in [-0.2, -0.15) is 5.26 Å². The van der Waals surface area contributed by atoms with E-state index in [9.17, 15) is 15.2 Å². The molecule has 0 unspecified atom stereocenters. The minimum atomic E-state index is -0.516. The Kier molecular flexibility index (Phi) is 5.10. The molecule has 1 saturated heterocycles. The van der Waals surface area contributed by atoms with Crippen molar-refractivity contribution >= 4 is 5.91 Å². The Morgan fingerprint density at radius 3 is 2.50 bits per heavy atom. The number of carbonyl (C=O) groups is 1. The topological polar surface area (TPSA) is 77.2 Å². The predicted octanol–water partition coefficient (Wildman–Crippen LogP) is 2.46. The van der Waals surface area contributed by atoms with E-state index >= 15 is 0 Å². The van der Waals surface area contributed by atoms with E-state index in [4.69, 9.17) is 0 Å². The molecule has 1 N–H and O–H groups in total. The van der Waals surface area contributed by atoms with Crippen LogP contribution in [0.3, 0.4) is 0 Å². The molecule has 0 spiro atoms. The zero-order valence-corrected chi connectivity index (χ0v) is 15.5. The SMILES string of the molecule is N#C[C@H]1[C@@H](c2ccc(C#Cc3cccnc3)cc2)[C@@H](CO)N1C(=O)C1CCC1. The minimum absolute atomic E-state index is 0.0204. The lowest BCUT2D eigenvalue weighted by Gasteiger charge is -2.53. The van der Waals surface area contributed by atoms with Crippen LogP contribution in [-0.2, 0) is 4.79 Å². The van der Waals surface area contributed by atoms with E-state index in [1.165, 1.54) is 0 Å². The van der Waals surface area contributed by atoms with Crippen molar-refractivity contribution in [3.8, 4) is 17.9 Å². The Labute approximate surface area is 164 Å². The van der Waals surface area contributed by atoms with Gasteiger partial charge in [0.1, 0.15) is 6.04 Å². The molecule has 0 bridgehead atoms. The van der Waals surface area contributed by atoms with Crippen molar-refractivity contribution in [1.29, 1.82) is 5.26 Å². The van der Waals surface area contributed by atoms with E-state index in [2.05, 4.69) is 22.9 Å². The van der Waals surface area contributed by atoms with Gasteiger partial charge in [0.15, 0.2) is 0 Å². The van der Waals surface area contributed by atoms with Crippen molar-refractivity contribution in [2.24, 2.45) is 5.92 Å². The van der Waals surface area contributed by atoms with E-state index in [1.54, 1.807) is 17.3 Å². The number of nitriles is 1. The molecule has 1 aromatic heterocycles. The number of rotatable bonds is 3. The molecule has 2 aromatic rings. The molecule has 0 radical (unpaired) electrons. The minimum Gasteiger partial charge on any atom is -0.394 e. The lowest BCUT2D eigenvalue weighted by Crippen LogP contribution is -2.66. The number of nitrogens with zero attached hydrogens (tertiary/aromatic N) is 3. The van der Waals surface area contributed by atoms with E-state index in [1.807, 2.05) is 36.4 Å². The Hall–Kier alpha value is -3.15. The summed E-state index contributed by atoms with van der Waals surface area (Å²) < 4.78 is 0. The molecule has 1 aliphatic heterocycles. The second-order valence-electron chi connectivity index (χ2n) is 7.34. The molecule has 5 nitrogen and oxygen atoms in total. The maximum atomic E-state index is 12.6. The largest absolute Gasteiger partial charge is 0.394 e. The molecule has 4 rings (SSSR count). The van der Waals surface area contributed by atoms with Gasteiger partial charge in [0.25, 0.3) is 0 Å². The standard InChI is InChI=1S/C23H21N3O2/c24-13-20-22(21(15-27)26(20)23(28)19-4-1-5-19)18-10-8-16(9-11-18)6-7-17-3-2-12-25-14-17/h2-3,8-12,14,19-22,27H,1,4-5,15H2/t20-,21+,22+/m0/s1. The first kappa shape index (κ1) is 18.2. The first-order valence-corrected chi connectivity index (χ1v) is 9.57. The van der Waals surface area contributed by atoms with Crippen LogP contribution in [0.2, 0.25) is 0 Å². The summed E-state index contributed by atoms with van der Waals surface area (Å²) in [5.74, 6) is 6.05. The number of benzene rings is 1.